The van der Waals surface area contributed by atoms with E-state index >= 15 is 0 Å². The van der Waals surface area contributed by atoms with Crippen LogP contribution in [0.3, 0.4) is 0 Å². The number of rotatable bonds is 7. The van der Waals surface area contributed by atoms with Gasteiger partial charge in [0, 0.05) is 37.4 Å². The molecule has 0 unspecified atom stereocenters. The van der Waals surface area contributed by atoms with Gasteiger partial charge in [-0.2, -0.15) is 4.31 Å². The summed E-state index contributed by atoms with van der Waals surface area (Å²) in [6.07, 6.45) is 2.42. The molecule has 0 spiro atoms. The van der Waals surface area contributed by atoms with Gasteiger partial charge in [-0.25, -0.2) is 27.3 Å². The van der Waals surface area contributed by atoms with Crippen molar-refractivity contribution in [3.05, 3.63) is 59.6 Å². The zero-order valence-corrected chi connectivity index (χ0v) is 21.0. The number of sulfonamides is 2. The number of nitrogens with one attached hydrogen (secondary N) is 2. The lowest BCUT2D eigenvalue weighted by Crippen LogP contribution is -2.48. The number of benzene rings is 2. The Hall–Kier alpha value is -3.04. The first kappa shape index (κ1) is 25.1. The van der Waals surface area contributed by atoms with Crippen molar-refractivity contribution in [2.45, 2.75) is 4.90 Å². The second-order valence-corrected chi connectivity index (χ2v) is 12.5. The van der Waals surface area contributed by atoms with Crippen LogP contribution in [0.5, 0.6) is 0 Å². The van der Waals surface area contributed by atoms with Crippen molar-refractivity contribution in [3.63, 3.8) is 0 Å². The van der Waals surface area contributed by atoms with Crippen LogP contribution in [0.1, 0.15) is 9.67 Å². The van der Waals surface area contributed by atoms with Crippen molar-refractivity contribution in [1.82, 2.24) is 14.8 Å². The third-order valence-electron chi connectivity index (χ3n) is 5.33. The molecule has 0 bridgehead atoms. The molecule has 1 aromatic heterocycles. The fourth-order valence-electron chi connectivity index (χ4n) is 3.69. The highest BCUT2D eigenvalue weighted by Gasteiger charge is 2.31. The first-order chi connectivity index (χ1) is 16.6. The zero-order valence-electron chi connectivity index (χ0n) is 18.6. The number of hydroxylamine groups is 1. The summed E-state index contributed by atoms with van der Waals surface area (Å²) in [5, 5.41) is 9.34. The maximum atomic E-state index is 13.5. The molecular formula is C21H23N5O6S3. The van der Waals surface area contributed by atoms with Crippen molar-refractivity contribution in [1.29, 1.82) is 0 Å². The van der Waals surface area contributed by atoms with Gasteiger partial charge in [0.25, 0.3) is 5.91 Å². The minimum Gasteiger partial charge on any atom is -0.345 e. The highest BCUT2D eigenvalue weighted by Crippen LogP contribution is 2.31. The number of thiazole rings is 1. The van der Waals surface area contributed by atoms with Gasteiger partial charge in [0.15, 0.2) is 5.13 Å². The fourth-order valence-corrected chi connectivity index (χ4v) is 6.75. The fraction of sp³-hybridized carbons (Fsp3) is 0.238. The Morgan fingerprint density at radius 2 is 1.66 bits per heavy atom. The molecule has 1 fully saturated rings. The van der Waals surface area contributed by atoms with Gasteiger partial charge in [0.1, 0.15) is 4.88 Å². The van der Waals surface area contributed by atoms with Gasteiger partial charge in [-0.05, 0) is 23.8 Å². The number of carbonyl (C=O) groups excluding carboxylic acids is 1. The Labute approximate surface area is 207 Å². The van der Waals surface area contributed by atoms with Crippen molar-refractivity contribution in [2.75, 3.05) is 42.1 Å². The first-order valence-electron chi connectivity index (χ1n) is 10.4. The number of aromatic nitrogens is 1. The summed E-state index contributed by atoms with van der Waals surface area (Å²) >= 11 is 1.11. The van der Waals surface area contributed by atoms with Gasteiger partial charge in [0.05, 0.1) is 17.3 Å². The predicted octanol–water partition coefficient (Wildman–Crippen LogP) is 1.81. The van der Waals surface area contributed by atoms with Crippen LogP contribution in [-0.4, -0.2) is 69.7 Å². The molecule has 0 radical (unpaired) electrons. The number of piperazine rings is 1. The molecule has 186 valence electrons. The molecule has 0 atom stereocenters. The third-order valence-corrected chi connectivity index (χ3v) is 8.95. The molecule has 1 saturated heterocycles. The molecule has 2 aromatic carbocycles. The molecule has 1 aliphatic rings. The molecule has 3 N–H and O–H groups in total. The molecular weight excluding hydrogens is 514 g/mol. The molecule has 14 heteroatoms. The summed E-state index contributed by atoms with van der Waals surface area (Å²) in [7, 11) is -7.24. The molecule has 1 amide bonds. The lowest BCUT2D eigenvalue weighted by atomic mass is 10.1. The third kappa shape index (κ3) is 5.62. The van der Waals surface area contributed by atoms with Crippen LogP contribution in [0.25, 0.3) is 11.1 Å². The highest BCUT2D eigenvalue weighted by molar-refractivity contribution is 7.92. The van der Waals surface area contributed by atoms with Crippen molar-refractivity contribution < 1.29 is 26.8 Å². The molecule has 3 aromatic rings. The summed E-state index contributed by atoms with van der Waals surface area (Å²) in [6, 6.07) is 13.2. The van der Waals surface area contributed by atoms with E-state index in [-0.39, 0.29) is 22.9 Å². The van der Waals surface area contributed by atoms with E-state index in [9.17, 15) is 21.6 Å². The number of anilines is 2. The van der Waals surface area contributed by atoms with Crippen LogP contribution >= 0.6 is 11.3 Å². The second kappa shape index (κ2) is 9.91. The Bertz CT molecular complexity index is 1430. The number of hydrogen-bond donors (Lipinski definition) is 3. The van der Waals surface area contributed by atoms with Crippen molar-refractivity contribution >= 4 is 48.1 Å². The van der Waals surface area contributed by atoms with E-state index in [0.717, 1.165) is 17.6 Å². The molecule has 11 nitrogen and oxygen atoms in total. The zero-order chi connectivity index (χ0) is 25.2. The number of nitrogens with zero attached hydrogens (tertiary/aromatic N) is 3. The minimum atomic E-state index is -3.82. The minimum absolute atomic E-state index is 0.161. The molecule has 2 heterocycles. The van der Waals surface area contributed by atoms with E-state index in [1.807, 2.05) is 4.90 Å². The quantitative estimate of drug-likeness (QED) is 0.305. The molecule has 1 aliphatic heterocycles. The topological polar surface area (TPSA) is 149 Å². The summed E-state index contributed by atoms with van der Waals surface area (Å²) in [5.41, 5.74) is 3.11. The van der Waals surface area contributed by atoms with Gasteiger partial charge in [-0.15, -0.1) is 0 Å². The Morgan fingerprint density at radius 3 is 2.29 bits per heavy atom. The van der Waals surface area contributed by atoms with Crippen molar-refractivity contribution in [2.24, 2.45) is 0 Å². The Morgan fingerprint density at radius 1 is 1.00 bits per heavy atom. The van der Waals surface area contributed by atoms with E-state index in [1.165, 1.54) is 10.5 Å². The molecule has 0 saturated carbocycles. The van der Waals surface area contributed by atoms with E-state index < -0.39 is 26.0 Å². The average molecular weight is 538 g/mol. The average Bonchev–Trinajstić information content (AvgIpc) is 3.33. The standard InChI is InChI=1S/C21H23N5O6S3/c1-34(29,30)24-16-8-6-15(7-9-16)17-4-2-3-5-19(17)35(31,32)26-12-10-25(11-13-26)21-22-14-18(33-21)20(27)23-28/h2-9,14,24,28H,10-13H2,1H3,(H,23,27). The predicted molar refractivity (Wildman–Crippen MR) is 133 cm³/mol. The van der Waals surface area contributed by atoms with E-state index in [1.54, 1.807) is 54.0 Å². The second-order valence-electron chi connectivity index (χ2n) is 7.79. The van der Waals surface area contributed by atoms with E-state index in [4.69, 9.17) is 5.21 Å². The van der Waals surface area contributed by atoms with Gasteiger partial charge < -0.3 is 4.90 Å². The van der Waals surface area contributed by atoms with Gasteiger partial charge in [0.2, 0.25) is 20.0 Å². The maximum absolute atomic E-state index is 13.5. The SMILES string of the molecule is CS(=O)(=O)Nc1ccc(-c2ccccc2S(=O)(=O)N2CCN(c3ncc(C(=O)NO)s3)CC2)cc1. The molecule has 4 rings (SSSR count). The summed E-state index contributed by atoms with van der Waals surface area (Å²) in [4.78, 5) is 18.1. The first-order valence-corrected chi connectivity index (χ1v) is 14.6. The monoisotopic (exact) mass is 537 g/mol. The smallest absolute Gasteiger partial charge is 0.286 e. The number of amides is 1. The van der Waals surface area contributed by atoms with Crippen LogP contribution in [-0.2, 0) is 20.0 Å². The van der Waals surface area contributed by atoms with Crippen LogP contribution in [0.15, 0.2) is 59.6 Å². The van der Waals surface area contributed by atoms with Gasteiger partial charge >= 0.3 is 0 Å². The van der Waals surface area contributed by atoms with Crippen LogP contribution in [0.4, 0.5) is 10.8 Å². The Balaban J connectivity index is 1.52. The lowest BCUT2D eigenvalue weighted by molar-refractivity contribution is 0.0710. The van der Waals surface area contributed by atoms with E-state index in [2.05, 4.69) is 9.71 Å². The van der Waals surface area contributed by atoms with Crippen LogP contribution < -0.4 is 15.1 Å². The maximum Gasteiger partial charge on any atom is 0.286 e. The summed E-state index contributed by atoms with van der Waals surface area (Å²) in [5.74, 6) is -0.647. The Kier molecular flexibility index (Phi) is 7.10. The number of hydrogen-bond acceptors (Lipinski definition) is 9. The summed E-state index contributed by atoms with van der Waals surface area (Å²) in [6.45, 7) is 1.24. The van der Waals surface area contributed by atoms with Gasteiger partial charge in [-0.3, -0.25) is 14.7 Å². The molecule has 35 heavy (non-hydrogen) atoms. The largest absolute Gasteiger partial charge is 0.345 e. The van der Waals surface area contributed by atoms with E-state index in [0.29, 0.717) is 35.0 Å². The molecule has 0 aliphatic carbocycles. The number of carbonyl (C=O) groups is 1. The van der Waals surface area contributed by atoms with Gasteiger partial charge in [-0.1, -0.05) is 41.7 Å². The lowest BCUT2D eigenvalue weighted by Gasteiger charge is -2.34. The summed E-state index contributed by atoms with van der Waals surface area (Å²) < 4.78 is 53.8. The highest BCUT2D eigenvalue weighted by atomic mass is 32.2. The normalized spacial score (nSPS) is 15.1. The van der Waals surface area contributed by atoms with Crippen molar-refractivity contribution in [3.8, 4) is 11.1 Å². The van der Waals surface area contributed by atoms with Crippen LogP contribution in [0.2, 0.25) is 0 Å². The van der Waals surface area contributed by atoms with Crippen LogP contribution in [0, 0.1) is 0 Å².